The second-order valence-electron chi connectivity index (χ2n) is 9.98. The van der Waals surface area contributed by atoms with E-state index in [0.29, 0.717) is 12.0 Å². The molecule has 2 saturated heterocycles. The van der Waals surface area contributed by atoms with Crippen molar-refractivity contribution in [3.63, 3.8) is 0 Å². The SMILES string of the molecule is CN1C[C@H](C(=O)NC2NCCS2)CC2c3ccc(C(C)(C)C)c4[nH]cc(c34)C[C@H]21. The summed E-state index contributed by atoms with van der Waals surface area (Å²) in [5.41, 5.74) is 5.72. The molecule has 6 heteroatoms. The molecule has 3 heterocycles. The molecule has 2 unspecified atom stereocenters. The number of benzene rings is 1. The first-order valence-electron chi connectivity index (χ1n) is 10.8. The number of H-pyrrole nitrogens is 1. The van der Waals surface area contributed by atoms with Crippen molar-refractivity contribution in [2.75, 3.05) is 25.9 Å². The Morgan fingerprint density at radius 2 is 2.14 bits per heavy atom. The monoisotopic (exact) mass is 412 g/mol. The van der Waals surface area contributed by atoms with Gasteiger partial charge in [-0.3, -0.25) is 10.1 Å². The van der Waals surface area contributed by atoms with Gasteiger partial charge in [-0.2, -0.15) is 0 Å². The predicted octanol–water partition coefficient (Wildman–Crippen LogP) is 3.16. The van der Waals surface area contributed by atoms with Gasteiger partial charge < -0.3 is 15.2 Å². The Balaban J connectivity index is 1.47. The fraction of sp³-hybridized carbons (Fsp3) is 0.609. The normalized spacial score (nSPS) is 29.8. The molecule has 3 N–H and O–H groups in total. The smallest absolute Gasteiger partial charge is 0.226 e. The molecule has 4 atom stereocenters. The first-order chi connectivity index (χ1) is 13.8. The lowest BCUT2D eigenvalue weighted by Crippen LogP contribution is -2.53. The van der Waals surface area contributed by atoms with Gasteiger partial charge in [-0.15, -0.1) is 11.8 Å². The summed E-state index contributed by atoms with van der Waals surface area (Å²) in [6.07, 6.45) is 4.22. The molecule has 1 amide bonds. The van der Waals surface area contributed by atoms with Gasteiger partial charge in [0.2, 0.25) is 5.91 Å². The average Bonchev–Trinajstić information content (AvgIpc) is 3.32. The topological polar surface area (TPSA) is 60.2 Å². The number of nitrogens with one attached hydrogen (secondary N) is 3. The molecule has 156 valence electrons. The van der Waals surface area contributed by atoms with Gasteiger partial charge in [-0.1, -0.05) is 32.9 Å². The highest BCUT2D eigenvalue weighted by molar-refractivity contribution is 8.00. The van der Waals surface area contributed by atoms with Gasteiger partial charge in [0.25, 0.3) is 0 Å². The molecule has 0 radical (unpaired) electrons. The van der Waals surface area contributed by atoms with E-state index in [1.165, 1.54) is 27.6 Å². The van der Waals surface area contributed by atoms with Gasteiger partial charge in [-0.05, 0) is 42.0 Å². The van der Waals surface area contributed by atoms with E-state index in [1.54, 1.807) is 11.8 Å². The van der Waals surface area contributed by atoms with Crippen LogP contribution in [0.15, 0.2) is 18.3 Å². The number of carbonyl (C=O) groups is 1. The van der Waals surface area contributed by atoms with Crippen LogP contribution in [0.1, 0.15) is 49.8 Å². The molecule has 1 aromatic heterocycles. The van der Waals surface area contributed by atoms with Crippen molar-refractivity contribution < 1.29 is 4.79 Å². The highest BCUT2D eigenvalue weighted by atomic mass is 32.2. The van der Waals surface area contributed by atoms with Crippen LogP contribution in [0.5, 0.6) is 0 Å². The Morgan fingerprint density at radius 1 is 1.31 bits per heavy atom. The summed E-state index contributed by atoms with van der Waals surface area (Å²) >= 11 is 1.79. The molecule has 2 aliphatic heterocycles. The number of nitrogens with zero attached hydrogens (tertiary/aromatic N) is 1. The number of amides is 1. The first kappa shape index (κ1) is 19.5. The number of rotatable bonds is 2. The summed E-state index contributed by atoms with van der Waals surface area (Å²) in [4.78, 5) is 19.0. The van der Waals surface area contributed by atoms with Crippen LogP contribution in [0, 0.1) is 5.92 Å². The second kappa shape index (κ2) is 7.03. The molecule has 5 rings (SSSR count). The van der Waals surface area contributed by atoms with Gasteiger partial charge in [-0.25, -0.2) is 0 Å². The quantitative estimate of drug-likeness (QED) is 0.709. The van der Waals surface area contributed by atoms with Gasteiger partial charge >= 0.3 is 0 Å². The van der Waals surface area contributed by atoms with Crippen LogP contribution >= 0.6 is 11.8 Å². The third-order valence-corrected chi connectivity index (χ3v) is 8.08. The van der Waals surface area contributed by atoms with Crippen LogP contribution in [-0.2, 0) is 16.6 Å². The summed E-state index contributed by atoms with van der Waals surface area (Å²) in [6, 6.07) is 5.13. The second-order valence-corrected chi connectivity index (χ2v) is 11.2. The number of likely N-dealkylation sites (N-methyl/N-ethyl adjacent to an activating group) is 1. The van der Waals surface area contributed by atoms with E-state index >= 15 is 0 Å². The Morgan fingerprint density at radius 3 is 2.86 bits per heavy atom. The minimum absolute atomic E-state index is 0.0436. The zero-order valence-electron chi connectivity index (χ0n) is 17.8. The highest BCUT2D eigenvalue weighted by Gasteiger charge is 2.42. The Bertz CT molecular complexity index is 940. The molecule has 1 aromatic carbocycles. The lowest BCUT2D eigenvalue weighted by atomic mass is 9.71. The lowest BCUT2D eigenvalue weighted by molar-refractivity contribution is -0.127. The molecular weight excluding hydrogens is 380 g/mol. The van der Waals surface area contributed by atoms with Crippen LogP contribution in [0.2, 0.25) is 0 Å². The number of fused-ring (bicyclic) bond motifs is 2. The number of hydrogen-bond acceptors (Lipinski definition) is 4. The van der Waals surface area contributed by atoms with Crippen LogP contribution < -0.4 is 10.6 Å². The zero-order chi connectivity index (χ0) is 20.3. The lowest BCUT2D eigenvalue weighted by Gasteiger charge is -2.45. The van der Waals surface area contributed by atoms with Crippen molar-refractivity contribution in [1.82, 2.24) is 20.5 Å². The van der Waals surface area contributed by atoms with Gasteiger partial charge in [0, 0.05) is 47.9 Å². The van der Waals surface area contributed by atoms with E-state index in [9.17, 15) is 4.79 Å². The van der Waals surface area contributed by atoms with Crippen LogP contribution in [0.25, 0.3) is 10.9 Å². The molecule has 5 nitrogen and oxygen atoms in total. The number of hydrogen-bond donors (Lipinski definition) is 3. The molecule has 0 saturated carbocycles. The van der Waals surface area contributed by atoms with Crippen molar-refractivity contribution >= 4 is 28.6 Å². The summed E-state index contributed by atoms with van der Waals surface area (Å²) in [7, 11) is 2.19. The Labute approximate surface area is 177 Å². The summed E-state index contributed by atoms with van der Waals surface area (Å²) in [5.74, 6) is 1.72. The number of piperidine rings is 1. The number of likely N-dealkylation sites (tertiary alicyclic amines) is 1. The third-order valence-electron chi connectivity index (χ3n) is 7.02. The summed E-state index contributed by atoms with van der Waals surface area (Å²) in [5, 5.41) is 7.98. The van der Waals surface area contributed by atoms with Gasteiger partial charge in [0.1, 0.15) is 5.50 Å². The van der Waals surface area contributed by atoms with E-state index < -0.39 is 0 Å². The minimum Gasteiger partial charge on any atom is -0.361 e. The molecule has 0 spiro atoms. The molecule has 3 aliphatic rings. The Hall–Kier alpha value is -1.50. The molecule has 2 fully saturated rings. The van der Waals surface area contributed by atoms with Crippen LogP contribution in [0.4, 0.5) is 0 Å². The number of carbonyl (C=O) groups excluding carboxylic acids is 1. The summed E-state index contributed by atoms with van der Waals surface area (Å²) in [6.45, 7) is 8.65. The Kier molecular flexibility index (Phi) is 4.72. The zero-order valence-corrected chi connectivity index (χ0v) is 18.7. The van der Waals surface area contributed by atoms with E-state index in [4.69, 9.17) is 0 Å². The van der Waals surface area contributed by atoms with Crippen molar-refractivity contribution in [1.29, 1.82) is 0 Å². The highest BCUT2D eigenvalue weighted by Crippen LogP contribution is 2.46. The minimum atomic E-state index is 0.0436. The molecule has 29 heavy (non-hydrogen) atoms. The van der Waals surface area contributed by atoms with Gasteiger partial charge in [0.15, 0.2) is 0 Å². The number of thioether (sulfide) groups is 1. The maximum atomic E-state index is 13.0. The van der Waals surface area contributed by atoms with E-state index in [2.05, 4.69) is 66.7 Å². The van der Waals surface area contributed by atoms with Crippen LogP contribution in [-0.4, -0.2) is 53.2 Å². The largest absolute Gasteiger partial charge is 0.361 e. The third kappa shape index (κ3) is 3.29. The van der Waals surface area contributed by atoms with Crippen LogP contribution in [0.3, 0.4) is 0 Å². The predicted molar refractivity (Wildman–Crippen MR) is 120 cm³/mol. The van der Waals surface area contributed by atoms with E-state index in [0.717, 1.165) is 31.7 Å². The van der Waals surface area contributed by atoms with Crippen molar-refractivity contribution in [3.8, 4) is 0 Å². The molecule has 0 bridgehead atoms. The summed E-state index contributed by atoms with van der Waals surface area (Å²) < 4.78 is 0. The fourth-order valence-electron chi connectivity index (χ4n) is 5.58. The van der Waals surface area contributed by atoms with Crippen molar-refractivity contribution in [2.45, 2.75) is 56.5 Å². The van der Waals surface area contributed by atoms with Crippen molar-refractivity contribution in [3.05, 3.63) is 35.0 Å². The number of aromatic amines is 1. The standard InChI is InChI=1S/C23H32N4OS/c1-23(2,3)17-6-5-15-16-9-14(21(28)26-22-24-7-8-29-22)12-27(4)18(16)10-13-11-25-20(17)19(13)15/h5-6,11,14,16,18,22,24-25H,7-10,12H2,1-4H3,(H,26,28)/t14-,16?,18-,22?/m1/s1. The number of aromatic nitrogens is 1. The van der Waals surface area contributed by atoms with Gasteiger partial charge in [0.05, 0.1) is 5.92 Å². The maximum absolute atomic E-state index is 13.0. The van der Waals surface area contributed by atoms with Crippen molar-refractivity contribution in [2.24, 2.45) is 5.92 Å². The van der Waals surface area contributed by atoms with E-state index in [-0.39, 0.29) is 22.7 Å². The van der Waals surface area contributed by atoms with E-state index in [1.807, 2.05) is 0 Å². The fourth-order valence-corrected chi connectivity index (χ4v) is 6.49. The first-order valence-corrected chi connectivity index (χ1v) is 11.9. The maximum Gasteiger partial charge on any atom is 0.226 e. The molecule has 1 aliphatic carbocycles. The molecule has 2 aromatic rings. The molecular formula is C23H32N4OS. The average molecular weight is 413 g/mol.